The number of carbonyl (C=O) groups is 1. The number of urea groups is 1. The maximum Gasteiger partial charge on any atom is 0.319 e. The first-order valence-electron chi connectivity index (χ1n) is 7.53. The van der Waals surface area contributed by atoms with Gasteiger partial charge in [-0.1, -0.05) is 19.1 Å². The monoisotopic (exact) mass is 275 g/mol. The molecule has 2 rings (SSSR count). The van der Waals surface area contributed by atoms with Crippen molar-refractivity contribution < 1.29 is 4.79 Å². The Kier molecular flexibility index (Phi) is 5.41. The van der Waals surface area contributed by atoms with Gasteiger partial charge in [0, 0.05) is 18.3 Å². The Hall–Kier alpha value is -1.55. The molecular weight excluding hydrogens is 250 g/mol. The molecule has 0 aliphatic carbocycles. The van der Waals surface area contributed by atoms with E-state index < -0.39 is 0 Å². The number of carbonyl (C=O) groups excluding carboxylic acids is 1. The highest BCUT2D eigenvalue weighted by atomic mass is 16.2. The number of hydrogen-bond acceptors (Lipinski definition) is 2. The molecule has 0 saturated carbocycles. The zero-order valence-corrected chi connectivity index (χ0v) is 12.5. The molecule has 0 spiro atoms. The van der Waals surface area contributed by atoms with Gasteiger partial charge in [-0.3, -0.25) is 0 Å². The molecule has 0 radical (unpaired) electrons. The van der Waals surface area contributed by atoms with Gasteiger partial charge in [-0.05, 0) is 57.0 Å². The predicted molar refractivity (Wildman–Crippen MR) is 83.1 cm³/mol. The molecule has 2 N–H and O–H groups in total. The summed E-state index contributed by atoms with van der Waals surface area (Å²) < 4.78 is 0. The molecule has 1 fully saturated rings. The molecule has 1 aromatic rings. The molecule has 4 nitrogen and oxygen atoms in total. The summed E-state index contributed by atoms with van der Waals surface area (Å²) in [4.78, 5) is 14.2. The van der Waals surface area contributed by atoms with Gasteiger partial charge in [-0.25, -0.2) is 4.79 Å². The number of amides is 2. The van der Waals surface area contributed by atoms with Crippen LogP contribution in [-0.2, 0) is 6.42 Å². The lowest BCUT2D eigenvalue weighted by Crippen LogP contribution is -2.34. The van der Waals surface area contributed by atoms with Gasteiger partial charge in [0.15, 0.2) is 0 Å². The van der Waals surface area contributed by atoms with Crippen LogP contribution in [0.25, 0.3) is 0 Å². The van der Waals surface area contributed by atoms with Gasteiger partial charge in [0.1, 0.15) is 0 Å². The van der Waals surface area contributed by atoms with E-state index >= 15 is 0 Å². The normalized spacial score (nSPS) is 19.0. The first kappa shape index (κ1) is 14.9. The van der Waals surface area contributed by atoms with E-state index in [0.29, 0.717) is 6.04 Å². The van der Waals surface area contributed by atoms with Gasteiger partial charge < -0.3 is 15.5 Å². The smallest absolute Gasteiger partial charge is 0.319 e. The fraction of sp³-hybridized carbons (Fsp3) is 0.562. The van der Waals surface area contributed by atoms with Crippen molar-refractivity contribution in [1.82, 2.24) is 10.2 Å². The highest BCUT2D eigenvalue weighted by Gasteiger charge is 2.20. The largest absolute Gasteiger partial charge is 0.338 e. The SMILES string of the molecule is CCc1cccc(NC(=O)NCCC2CCCN2C)c1. The summed E-state index contributed by atoms with van der Waals surface area (Å²) >= 11 is 0. The second kappa shape index (κ2) is 7.29. The molecule has 0 bridgehead atoms. The van der Waals surface area contributed by atoms with Crippen molar-refractivity contribution >= 4 is 11.7 Å². The Morgan fingerprint density at radius 2 is 2.30 bits per heavy atom. The summed E-state index contributed by atoms with van der Waals surface area (Å²) in [6, 6.07) is 8.49. The molecule has 1 unspecified atom stereocenters. The van der Waals surface area contributed by atoms with Crippen LogP contribution in [0.4, 0.5) is 10.5 Å². The average molecular weight is 275 g/mol. The maximum atomic E-state index is 11.8. The van der Waals surface area contributed by atoms with Crippen molar-refractivity contribution in [3.8, 4) is 0 Å². The molecule has 110 valence electrons. The van der Waals surface area contributed by atoms with Crippen LogP contribution in [0.3, 0.4) is 0 Å². The fourth-order valence-electron chi connectivity index (χ4n) is 2.74. The van der Waals surface area contributed by atoms with E-state index in [4.69, 9.17) is 0 Å². The van der Waals surface area contributed by atoms with Crippen molar-refractivity contribution in [1.29, 1.82) is 0 Å². The zero-order valence-electron chi connectivity index (χ0n) is 12.5. The number of anilines is 1. The highest BCUT2D eigenvalue weighted by Crippen LogP contribution is 2.17. The molecule has 20 heavy (non-hydrogen) atoms. The number of aryl methyl sites for hydroxylation is 1. The second-order valence-electron chi connectivity index (χ2n) is 5.50. The molecule has 1 heterocycles. The fourth-order valence-corrected chi connectivity index (χ4v) is 2.74. The Morgan fingerprint density at radius 3 is 3.00 bits per heavy atom. The Bertz CT molecular complexity index is 447. The van der Waals surface area contributed by atoms with Crippen molar-refractivity contribution in [2.24, 2.45) is 0 Å². The third kappa shape index (κ3) is 4.23. The van der Waals surface area contributed by atoms with Crippen LogP contribution >= 0.6 is 0 Å². The predicted octanol–water partition coefficient (Wildman–Crippen LogP) is 2.85. The van der Waals surface area contributed by atoms with E-state index in [-0.39, 0.29) is 6.03 Å². The quantitative estimate of drug-likeness (QED) is 0.868. The molecule has 1 aliphatic heterocycles. The van der Waals surface area contributed by atoms with Gasteiger partial charge in [0.05, 0.1) is 0 Å². The molecule has 1 saturated heterocycles. The van der Waals surface area contributed by atoms with Crippen molar-refractivity contribution in [3.05, 3.63) is 29.8 Å². The molecule has 0 aromatic heterocycles. The minimum atomic E-state index is -0.112. The Balaban J connectivity index is 1.72. The molecule has 1 aliphatic rings. The standard InChI is InChI=1S/C16H25N3O/c1-3-13-6-4-7-14(12-13)18-16(20)17-10-9-15-8-5-11-19(15)2/h4,6-7,12,15H,3,5,8-11H2,1-2H3,(H2,17,18,20). The van der Waals surface area contributed by atoms with Crippen LogP contribution in [0.15, 0.2) is 24.3 Å². The number of benzene rings is 1. The van der Waals surface area contributed by atoms with Crippen LogP contribution in [0.1, 0.15) is 31.7 Å². The minimum Gasteiger partial charge on any atom is -0.338 e. The number of nitrogens with zero attached hydrogens (tertiary/aromatic N) is 1. The van der Waals surface area contributed by atoms with Gasteiger partial charge in [-0.15, -0.1) is 0 Å². The van der Waals surface area contributed by atoms with Crippen LogP contribution in [0.2, 0.25) is 0 Å². The lowest BCUT2D eigenvalue weighted by atomic mass is 10.1. The maximum absolute atomic E-state index is 11.8. The molecule has 2 amide bonds. The van der Waals surface area contributed by atoms with Gasteiger partial charge >= 0.3 is 6.03 Å². The van der Waals surface area contributed by atoms with Crippen LogP contribution < -0.4 is 10.6 Å². The summed E-state index contributed by atoms with van der Waals surface area (Å²) in [5, 5.41) is 5.83. The third-order valence-corrected chi connectivity index (χ3v) is 4.03. The highest BCUT2D eigenvalue weighted by molar-refractivity contribution is 5.89. The Labute approximate surface area is 121 Å². The van der Waals surface area contributed by atoms with Crippen molar-refractivity contribution in [2.45, 2.75) is 38.6 Å². The third-order valence-electron chi connectivity index (χ3n) is 4.03. The van der Waals surface area contributed by atoms with Gasteiger partial charge in [0.2, 0.25) is 0 Å². The summed E-state index contributed by atoms with van der Waals surface area (Å²) in [6.07, 6.45) is 4.53. The number of likely N-dealkylation sites (tertiary alicyclic amines) is 1. The first-order valence-corrected chi connectivity index (χ1v) is 7.53. The zero-order chi connectivity index (χ0) is 14.4. The molecule has 1 atom stereocenters. The molecule has 4 heteroatoms. The summed E-state index contributed by atoms with van der Waals surface area (Å²) in [5.41, 5.74) is 2.09. The molecular formula is C16H25N3O. The van der Waals surface area contributed by atoms with Crippen LogP contribution in [-0.4, -0.2) is 37.1 Å². The van der Waals surface area contributed by atoms with E-state index in [9.17, 15) is 4.79 Å². The summed E-state index contributed by atoms with van der Waals surface area (Å²) in [6.45, 7) is 4.02. The van der Waals surface area contributed by atoms with Crippen molar-refractivity contribution in [3.63, 3.8) is 0 Å². The lowest BCUT2D eigenvalue weighted by molar-refractivity contribution is 0.248. The molecule has 1 aromatic carbocycles. The Morgan fingerprint density at radius 1 is 1.45 bits per heavy atom. The van der Waals surface area contributed by atoms with Crippen LogP contribution in [0, 0.1) is 0 Å². The number of hydrogen-bond donors (Lipinski definition) is 2. The van der Waals surface area contributed by atoms with E-state index in [2.05, 4.69) is 35.6 Å². The van der Waals surface area contributed by atoms with E-state index in [1.54, 1.807) is 0 Å². The van der Waals surface area contributed by atoms with E-state index in [1.807, 2.05) is 18.2 Å². The summed E-state index contributed by atoms with van der Waals surface area (Å²) in [7, 11) is 2.16. The lowest BCUT2D eigenvalue weighted by Gasteiger charge is -2.19. The summed E-state index contributed by atoms with van der Waals surface area (Å²) in [5.74, 6) is 0. The van der Waals surface area contributed by atoms with Crippen LogP contribution in [0.5, 0.6) is 0 Å². The van der Waals surface area contributed by atoms with Gasteiger partial charge in [-0.2, -0.15) is 0 Å². The number of nitrogens with one attached hydrogen (secondary N) is 2. The van der Waals surface area contributed by atoms with E-state index in [1.165, 1.54) is 24.9 Å². The second-order valence-corrected chi connectivity index (χ2v) is 5.50. The van der Waals surface area contributed by atoms with Gasteiger partial charge in [0.25, 0.3) is 0 Å². The minimum absolute atomic E-state index is 0.112. The van der Waals surface area contributed by atoms with E-state index in [0.717, 1.165) is 25.1 Å². The topological polar surface area (TPSA) is 44.4 Å². The average Bonchev–Trinajstić information content (AvgIpc) is 2.85. The van der Waals surface area contributed by atoms with Crippen molar-refractivity contribution in [2.75, 3.05) is 25.5 Å². The number of rotatable bonds is 5. The first-order chi connectivity index (χ1) is 9.69.